The Balaban J connectivity index is 1.39. The highest BCUT2D eigenvalue weighted by Crippen LogP contribution is 2.44. The van der Waals surface area contributed by atoms with E-state index in [1.54, 1.807) is 5.38 Å². The molecule has 3 saturated heterocycles. The molecule has 1 aromatic rings. The number of thiazole rings is 1. The smallest absolute Gasteiger partial charge is 0.322 e. The van der Waals surface area contributed by atoms with Crippen LogP contribution in [0.2, 0.25) is 0 Å². The van der Waals surface area contributed by atoms with E-state index < -0.39 is 28.5 Å². The summed E-state index contributed by atoms with van der Waals surface area (Å²) in [6.07, 6.45) is -0.226. The maximum Gasteiger partial charge on any atom is 0.322 e. The summed E-state index contributed by atoms with van der Waals surface area (Å²) in [4.78, 5) is 48.2. The predicted molar refractivity (Wildman–Crippen MR) is 128 cm³/mol. The van der Waals surface area contributed by atoms with Crippen molar-refractivity contribution in [3.63, 3.8) is 0 Å². The highest BCUT2D eigenvalue weighted by atomic mass is 32.2. The Bertz CT molecular complexity index is 1020. The number of carboxylic acids is 1. The monoisotopic (exact) mass is 531 g/mol. The number of rotatable bonds is 8. The van der Waals surface area contributed by atoms with Crippen LogP contribution in [0.15, 0.2) is 10.5 Å². The van der Waals surface area contributed by atoms with Crippen LogP contribution in [0.25, 0.3) is 0 Å². The summed E-state index contributed by atoms with van der Waals surface area (Å²) < 4.78 is 10.2. The average Bonchev–Trinajstić information content (AvgIpc) is 3.38. The highest BCUT2D eigenvalue weighted by Gasteiger charge is 2.58. The SMILES string of the molecule is CON=C(C(=O)NC1C(=O)N2CC(SCC3COC(C)(C)O3)(C(=O)O)CS[C@H]12)c1csc(N)n1. The van der Waals surface area contributed by atoms with Gasteiger partial charge in [0, 0.05) is 23.4 Å². The van der Waals surface area contributed by atoms with E-state index in [-0.39, 0.29) is 46.2 Å². The molecule has 34 heavy (non-hydrogen) atoms. The summed E-state index contributed by atoms with van der Waals surface area (Å²) >= 11 is 3.72. The second kappa shape index (κ2) is 9.53. The lowest BCUT2D eigenvalue weighted by atomic mass is 10.0. The van der Waals surface area contributed by atoms with E-state index in [2.05, 4.69) is 15.5 Å². The molecule has 3 unspecified atom stereocenters. The summed E-state index contributed by atoms with van der Waals surface area (Å²) in [7, 11) is 1.29. The molecule has 0 spiro atoms. The van der Waals surface area contributed by atoms with Crippen molar-refractivity contribution in [3.05, 3.63) is 11.1 Å². The third-order valence-corrected chi connectivity index (χ3v) is 9.43. The molecule has 2 amide bonds. The first-order chi connectivity index (χ1) is 16.0. The van der Waals surface area contributed by atoms with Gasteiger partial charge in [-0.3, -0.25) is 14.4 Å². The standard InChI is InChI=1S/C19H25N5O7S3/c1-18(2)30-4-9(31-18)5-34-19(16(27)28)7-24-14(26)12(15(24)33-8-19)22-13(25)11(23-29-3)10-6-32-17(20)21-10/h6,9,12,15H,4-5,7-8H2,1-3H3,(H2,20,21)(H,22,25)(H,27,28)/t9?,12?,15-,19?/m1/s1. The molecule has 1 aromatic heterocycles. The van der Waals surface area contributed by atoms with Gasteiger partial charge in [0.15, 0.2) is 16.6 Å². The Labute approximate surface area is 207 Å². The average molecular weight is 532 g/mol. The van der Waals surface area contributed by atoms with E-state index in [1.165, 1.54) is 35.5 Å². The van der Waals surface area contributed by atoms with Crippen molar-refractivity contribution in [2.24, 2.45) is 5.16 Å². The lowest BCUT2D eigenvalue weighted by molar-refractivity contribution is -0.151. The number of fused-ring (bicyclic) bond motifs is 1. The van der Waals surface area contributed by atoms with E-state index in [1.807, 2.05) is 13.8 Å². The van der Waals surface area contributed by atoms with Gasteiger partial charge in [-0.15, -0.1) is 34.9 Å². The molecule has 186 valence electrons. The van der Waals surface area contributed by atoms with Crippen LogP contribution in [0.3, 0.4) is 0 Å². The molecule has 0 saturated carbocycles. The molecule has 0 radical (unpaired) electrons. The number of anilines is 1. The fraction of sp³-hybridized carbons (Fsp3) is 0.632. The number of carboxylic acid groups (broad SMARTS) is 1. The summed E-state index contributed by atoms with van der Waals surface area (Å²) in [5.41, 5.74) is 5.78. The molecule has 15 heteroatoms. The summed E-state index contributed by atoms with van der Waals surface area (Å²) in [5.74, 6) is -1.97. The Kier molecular flexibility index (Phi) is 7.01. The zero-order valence-corrected chi connectivity index (χ0v) is 21.1. The molecule has 4 atom stereocenters. The van der Waals surface area contributed by atoms with Crippen LogP contribution in [0.4, 0.5) is 5.13 Å². The number of nitrogens with zero attached hydrogens (tertiary/aromatic N) is 3. The Morgan fingerprint density at radius 2 is 2.26 bits per heavy atom. The largest absolute Gasteiger partial charge is 0.480 e. The molecule has 0 aromatic carbocycles. The Morgan fingerprint density at radius 3 is 2.85 bits per heavy atom. The number of oxime groups is 1. The molecule has 12 nitrogen and oxygen atoms in total. The maximum absolute atomic E-state index is 12.9. The van der Waals surface area contributed by atoms with Crippen molar-refractivity contribution in [2.45, 2.75) is 41.9 Å². The molecule has 0 bridgehead atoms. The summed E-state index contributed by atoms with van der Waals surface area (Å²) in [5, 5.41) is 17.8. The second-order valence-electron chi connectivity index (χ2n) is 8.37. The second-order valence-corrected chi connectivity index (χ2v) is 11.8. The minimum atomic E-state index is -1.18. The number of carbonyl (C=O) groups excluding carboxylic acids is 2. The lowest BCUT2D eigenvalue weighted by Gasteiger charge is -2.53. The number of nitrogen functional groups attached to an aromatic ring is 1. The van der Waals surface area contributed by atoms with Crippen molar-refractivity contribution in [2.75, 3.05) is 37.5 Å². The van der Waals surface area contributed by atoms with Crippen molar-refractivity contribution in [1.29, 1.82) is 0 Å². The quantitative estimate of drug-likeness (QED) is 0.238. The molecule has 3 fully saturated rings. The number of carbonyl (C=O) groups is 3. The van der Waals surface area contributed by atoms with Crippen LogP contribution >= 0.6 is 34.9 Å². The molecular formula is C19H25N5O7S3. The number of hydrogen-bond donors (Lipinski definition) is 3. The van der Waals surface area contributed by atoms with E-state index in [0.29, 0.717) is 12.4 Å². The first-order valence-electron chi connectivity index (χ1n) is 10.3. The van der Waals surface area contributed by atoms with Gasteiger partial charge in [-0.2, -0.15) is 0 Å². The van der Waals surface area contributed by atoms with E-state index in [0.717, 1.165) is 11.3 Å². The van der Waals surface area contributed by atoms with Gasteiger partial charge in [0.05, 0.1) is 12.7 Å². The van der Waals surface area contributed by atoms with Gasteiger partial charge >= 0.3 is 5.97 Å². The van der Waals surface area contributed by atoms with Crippen LogP contribution in [0, 0.1) is 0 Å². The number of β-lactam (4-membered cyclic amide) rings is 1. The normalized spacial score (nSPS) is 30.4. The summed E-state index contributed by atoms with van der Waals surface area (Å²) in [6.45, 7) is 4.04. The Hall–Kier alpha value is -2.07. The van der Waals surface area contributed by atoms with Crippen LogP contribution in [0.1, 0.15) is 19.5 Å². The van der Waals surface area contributed by atoms with E-state index >= 15 is 0 Å². The van der Waals surface area contributed by atoms with Crippen LogP contribution in [0.5, 0.6) is 0 Å². The van der Waals surface area contributed by atoms with Gasteiger partial charge in [-0.1, -0.05) is 5.16 Å². The minimum absolute atomic E-state index is 0.0362. The zero-order valence-electron chi connectivity index (χ0n) is 18.7. The maximum atomic E-state index is 12.9. The van der Waals surface area contributed by atoms with Gasteiger partial charge in [-0.05, 0) is 13.8 Å². The molecule has 3 aliphatic rings. The number of amides is 2. The Morgan fingerprint density at radius 1 is 1.50 bits per heavy atom. The van der Waals surface area contributed by atoms with Crippen LogP contribution < -0.4 is 11.1 Å². The highest BCUT2D eigenvalue weighted by molar-refractivity contribution is 8.05. The lowest BCUT2D eigenvalue weighted by Crippen LogP contribution is -2.75. The summed E-state index contributed by atoms with van der Waals surface area (Å²) in [6, 6.07) is -0.806. The van der Waals surface area contributed by atoms with Crippen molar-refractivity contribution in [3.8, 4) is 0 Å². The fourth-order valence-corrected chi connectivity index (χ4v) is 7.33. The van der Waals surface area contributed by atoms with Crippen LogP contribution in [-0.4, -0.2) is 98.3 Å². The van der Waals surface area contributed by atoms with E-state index in [9.17, 15) is 19.5 Å². The van der Waals surface area contributed by atoms with E-state index in [4.69, 9.17) is 20.0 Å². The zero-order chi connectivity index (χ0) is 24.7. The molecule has 3 aliphatic heterocycles. The number of aromatic nitrogens is 1. The van der Waals surface area contributed by atoms with Gasteiger partial charge in [0.2, 0.25) is 5.91 Å². The molecule has 4 N–H and O–H groups in total. The van der Waals surface area contributed by atoms with Crippen molar-refractivity contribution < 1.29 is 33.8 Å². The number of ether oxygens (including phenoxy) is 2. The molecule has 4 rings (SSSR count). The molecular weight excluding hydrogens is 506 g/mol. The fourth-order valence-electron chi connectivity index (χ4n) is 3.83. The topological polar surface area (TPSA) is 166 Å². The predicted octanol–water partition coefficient (Wildman–Crippen LogP) is 0.184. The number of hydrogen-bond acceptors (Lipinski definition) is 12. The third-order valence-electron chi connectivity index (χ3n) is 5.51. The molecule has 4 heterocycles. The van der Waals surface area contributed by atoms with Gasteiger partial charge < -0.3 is 35.4 Å². The third kappa shape index (κ3) is 4.84. The van der Waals surface area contributed by atoms with Gasteiger partial charge in [-0.25, -0.2) is 4.98 Å². The number of thioether (sulfide) groups is 2. The number of nitrogens with two attached hydrogens (primary N) is 1. The first kappa shape index (κ1) is 25.0. The number of nitrogens with one attached hydrogen (secondary N) is 1. The van der Waals surface area contributed by atoms with Crippen molar-refractivity contribution >= 4 is 63.5 Å². The minimum Gasteiger partial charge on any atom is -0.480 e. The van der Waals surface area contributed by atoms with Gasteiger partial charge in [0.1, 0.15) is 29.0 Å². The molecule has 0 aliphatic carbocycles. The van der Waals surface area contributed by atoms with Gasteiger partial charge in [0.25, 0.3) is 5.91 Å². The number of aliphatic carboxylic acids is 1. The van der Waals surface area contributed by atoms with Crippen molar-refractivity contribution in [1.82, 2.24) is 15.2 Å². The van der Waals surface area contributed by atoms with Crippen LogP contribution in [-0.2, 0) is 28.7 Å². The first-order valence-corrected chi connectivity index (χ1v) is 13.2.